The van der Waals surface area contributed by atoms with E-state index in [1.54, 1.807) is 7.11 Å². The fourth-order valence-corrected chi connectivity index (χ4v) is 1.59. The Balaban J connectivity index is 2.05. The Morgan fingerprint density at radius 1 is 1.55 bits per heavy atom. The van der Waals surface area contributed by atoms with Crippen LogP contribution in [0, 0.1) is 0 Å². The highest BCUT2D eigenvalue weighted by molar-refractivity contribution is 4.85. The lowest BCUT2D eigenvalue weighted by atomic mass is 10.2. The van der Waals surface area contributed by atoms with Crippen molar-refractivity contribution in [3.05, 3.63) is 0 Å². The van der Waals surface area contributed by atoms with Gasteiger partial charge < -0.3 is 15.8 Å². The number of rotatable bonds is 4. The standard InChI is InChI=1S/C8H18N2O/c1-11-6-5-10-8-4-2-3-7(8)9/h7-8,10H,2-6,9H2,1H3/t7-,8+/m1/s1. The first kappa shape index (κ1) is 8.97. The maximum Gasteiger partial charge on any atom is 0.0587 e. The average Bonchev–Trinajstić information content (AvgIpc) is 2.37. The lowest BCUT2D eigenvalue weighted by Crippen LogP contribution is -2.42. The number of ether oxygens (including phenoxy) is 1. The third kappa shape index (κ3) is 2.77. The van der Waals surface area contributed by atoms with E-state index in [2.05, 4.69) is 5.32 Å². The Kier molecular flexibility index (Phi) is 3.83. The second kappa shape index (κ2) is 4.70. The smallest absolute Gasteiger partial charge is 0.0587 e. The molecule has 1 aliphatic carbocycles. The molecule has 3 nitrogen and oxygen atoms in total. The first-order valence-corrected chi connectivity index (χ1v) is 4.32. The molecule has 1 aliphatic rings. The minimum absolute atomic E-state index is 0.367. The van der Waals surface area contributed by atoms with E-state index in [4.69, 9.17) is 10.5 Å². The SMILES string of the molecule is COCCN[C@H]1CCC[C@H]1N. The van der Waals surface area contributed by atoms with E-state index in [0.29, 0.717) is 12.1 Å². The van der Waals surface area contributed by atoms with E-state index >= 15 is 0 Å². The Labute approximate surface area is 68.3 Å². The van der Waals surface area contributed by atoms with Gasteiger partial charge in [-0.3, -0.25) is 0 Å². The molecule has 2 atom stereocenters. The molecule has 3 heteroatoms. The average molecular weight is 158 g/mol. The molecule has 66 valence electrons. The molecule has 1 saturated carbocycles. The van der Waals surface area contributed by atoms with Gasteiger partial charge in [0, 0.05) is 25.7 Å². The summed E-state index contributed by atoms with van der Waals surface area (Å²) in [4.78, 5) is 0. The fourth-order valence-electron chi connectivity index (χ4n) is 1.59. The lowest BCUT2D eigenvalue weighted by molar-refractivity contribution is 0.195. The van der Waals surface area contributed by atoms with Gasteiger partial charge in [0.05, 0.1) is 6.61 Å². The largest absolute Gasteiger partial charge is 0.383 e. The minimum atomic E-state index is 0.367. The van der Waals surface area contributed by atoms with Gasteiger partial charge in [-0.1, -0.05) is 6.42 Å². The Morgan fingerprint density at radius 3 is 2.91 bits per heavy atom. The van der Waals surface area contributed by atoms with E-state index in [1.807, 2.05) is 0 Å². The molecule has 0 unspecified atom stereocenters. The van der Waals surface area contributed by atoms with Gasteiger partial charge in [0.25, 0.3) is 0 Å². The van der Waals surface area contributed by atoms with Crippen LogP contribution in [0.2, 0.25) is 0 Å². The highest BCUT2D eigenvalue weighted by Crippen LogP contribution is 2.16. The molecule has 0 aromatic carbocycles. The summed E-state index contributed by atoms with van der Waals surface area (Å²) in [6.45, 7) is 1.71. The molecule has 3 N–H and O–H groups in total. The summed E-state index contributed by atoms with van der Waals surface area (Å²) in [5.74, 6) is 0. The van der Waals surface area contributed by atoms with Crippen LogP contribution in [0.3, 0.4) is 0 Å². The quantitative estimate of drug-likeness (QED) is 0.571. The normalized spacial score (nSPS) is 31.1. The Morgan fingerprint density at radius 2 is 2.36 bits per heavy atom. The molecule has 0 aliphatic heterocycles. The Bertz CT molecular complexity index is 108. The summed E-state index contributed by atoms with van der Waals surface area (Å²) in [5.41, 5.74) is 5.86. The van der Waals surface area contributed by atoms with Crippen molar-refractivity contribution in [2.45, 2.75) is 31.3 Å². The van der Waals surface area contributed by atoms with Crippen molar-refractivity contribution >= 4 is 0 Å². The molecular weight excluding hydrogens is 140 g/mol. The summed E-state index contributed by atoms with van der Waals surface area (Å²) < 4.78 is 4.93. The summed E-state index contributed by atoms with van der Waals surface area (Å²) in [7, 11) is 1.72. The molecule has 0 aromatic heterocycles. The van der Waals surface area contributed by atoms with E-state index < -0.39 is 0 Å². The first-order chi connectivity index (χ1) is 5.34. The maximum absolute atomic E-state index is 5.86. The molecule has 0 saturated heterocycles. The van der Waals surface area contributed by atoms with E-state index in [1.165, 1.54) is 19.3 Å². The van der Waals surface area contributed by atoms with Crippen LogP contribution in [-0.4, -0.2) is 32.3 Å². The molecule has 0 aromatic rings. The zero-order chi connectivity index (χ0) is 8.10. The van der Waals surface area contributed by atoms with Crippen molar-refractivity contribution in [2.24, 2.45) is 5.73 Å². The van der Waals surface area contributed by atoms with Gasteiger partial charge in [-0.05, 0) is 12.8 Å². The molecule has 0 radical (unpaired) electrons. The molecular formula is C8H18N2O. The van der Waals surface area contributed by atoms with Crippen LogP contribution in [0.15, 0.2) is 0 Å². The highest BCUT2D eigenvalue weighted by Gasteiger charge is 2.22. The third-order valence-corrected chi connectivity index (χ3v) is 2.28. The van der Waals surface area contributed by atoms with Crippen LogP contribution in [0.5, 0.6) is 0 Å². The van der Waals surface area contributed by atoms with Crippen LogP contribution in [0.1, 0.15) is 19.3 Å². The number of nitrogens with two attached hydrogens (primary N) is 1. The van der Waals surface area contributed by atoms with Gasteiger partial charge in [-0.15, -0.1) is 0 Å². The van der Waals surface area contributed by atoms with E-state index in [9.17, 15) is 0 Å². The zero-order valence-corrected chi connectivity index (χ0v) is 7.18. The highest BCUT2D eigenvalue weighted by atomic mass is 16.5. The van der Waals surface area contributed by atoms with E-state index in [0.717, 1.165) is 13.2 Å². The van der Waals surface area contributed by atoms with Crippen LogP contribution in [0.25, 0.3) is 0 Å². The van der Waals surface area contributed by atoms with Crippen molar-refractivity contribution in [2.75, 3.05) is 20.3 Å². The molecule has 1 fully saturated rings. The van der Waals surface area contributed by atoms with Crippen LogP contribution in [-0.2, 0) is 4.74 Å². The topological polar surface area (TPSA) is 47.3 Å². The number of methoxy groups -OCH3 is 1. The molecule has 0 bridgehead atoms. The lowest BCUT2D eigenvalue weighted by Gasteiger charge is -2.16. The maximum atomic E-state index is 5.86. The van der Waals surface area contributed by atoms with Gasteiger partial charge in [0.2, 0.25) is 0 Å². The van der Waals surface area contributed by atoms with Crippen LogP contribution in [0.4, 0.5) is 0 Å². The Hall–Kier alpha value is -0.120. The third-order valence-electron chi connectivity index (χ3n) is 2.28. The van der Waals surface area contributed by atoms with Gasteiger partial charge in [0.15, 0.2) is 0 Å². The fraction of sp³-hybridized carbons (Fsp3) is 1.00. The monoisotopic (exact) mass is 158 g/mol. The van der Waals surface area contributed by atoms with Gasteiger partial charge in [0.1, 0.15) is 0 Å². The second-order valence-corrected chi connectivity index (χ2v) is 3.15. The number of hydrogen-bond donors (Lipinski definition) is 2. The molecule has 1 rings (SSSR count). The van der Waals surface area contributed by atoms with Gasteiger partial charge >= 0.3 is 0 Å². The van der Waals surface area contributed by atoms with Crippen LogP contribution >= 0.6 is 0 Å². The molecule has 0 heterocycles. The van der Waals surface area contributed by atoms with Crippen molar-refractivity contribution < 1.29 is 4.74 Å². The van der Waals surface area contributed by atoms with E-state index in [-0.39, 0.29) is 0 Å². The zero-order valence-electron chi connectivity index (χ0n) is 7.18. The predicted octanol–water partition coefficient (Wildman–Crippen LogP) is 0.102. The van der Waals surface area contributed by atoms with Crippen molar-refractivity contribution in [3.8, 4) is 0 Å². The minimum Gasteiger partial charge on any atom is -0.383 e. The van der Waals surface area contributed by atoms with Gasteiger partial charge in [-0.25, -0.2) is 0 Å². The number of nitrogens with one attached hydrogen (secondary N) is 1. The molecule has 11 heavy (non-hydrogen) atoms. The summed E-state index contributed by atoms with van der Waals surface area (Å²) >= 11 is 0. The molecule has 0 spiro atoms. The molecule has 0 amide bonds. The summed E-state index contributed by atoms with van der Waals surface area (Å²) in [6, 6.07) is 0.900. The van der Waals surface area contributed by atoms with Crippen molar-refractivity contribution in [3.63, 3.8) is 0 Å². The predicted molar refractivity (Wildman–Crippen MR) is 45.5 cm³/mol. The summed E-state index contributed by atoms with van der Waals surface area (Å²) in [5, 5.41) is 3.38. The number of hydrogen-bond acceptors (Lipinski definition) is 3. The van der Waals surface area contributed by atoms with Gasteiger partial charge in [-0.2, -0.15) is 0 Å². The summed E-state index contributed by atoms with van der Waals surface area (Å²) in [6.07, 6.45) is 3.67. The first-order valence-electron chi connectivity index (χ1n) is 4.32. The van der Waals surface area contributed by atoms with Crippen molar-refractivity contribution in [1.29, 1.82) is 0 Å². The second-order valence-electron chi connectivity index (χ2n) is 3.15. The van der Waals surface area contributed by atoms with Crippen molar-refractivity contribution in [1.82, 2.24) is 5.32 Å². The van der Waals surface area contributed by atoms with Crippen LogP contribution < -0.4 is 11.1 Å².